The molecule has 0 saturated carbocycles. The number of rotatable bonds is 4. The number of nitrogens with zero attached hydrogens (tertiary/aromatic N) is 1. The topological polar surface area (TPSA) is 111 Å². The van der Waals surface area contributed by atoms with Crippen LogP contribution in [0.1, 0.15) is 33.6 Å². The highest BCUT2D eigenvalue weighted by Crippen LogP contribution is 2.57. The van der Waals surface area contributed by atoms with Crippen LogP contribution >= 0.6 is 7.49 Å². The molecule has 0 aromatic heterocycles. The highest BCUT2D eigenvalue weighted by atomic mass is 31.2. The minimum atomic E-state index is -2.42. The van der Waals surface area contributed by atoms with Crippen LogP contribution in [0.3, 0.4) is 0 Å². The largest absolute Gasteiger partial charge is 0.490 e. The van der Waals surface area contributed by atoms with E-state index in [9.17, 15) is 19.8 Å². The molecule has 0 radical (unpaired) electrons. The van der Waals surface area contributed by atoms with Gasteiger partial charge in [-0.2, -0.15) is 0 Å². The summed E-state index contributed by atoms with van der Waals surface area (Å²) in [6.45, 7) is 5.42. The first-order valence-corrected chi connectivity index (χ1v) is 10.6. The van der Waals surface area contributed by atoms with Crippen LogP contribution in [0.5, 0.6) is 5.75 Å². The van der Waals surface area contributed by atoms with Crippen molar-refractivity contribution in [2.45, 2.75) is 45.3 Å². The van der Waals surface area contributed by atoms with Gasteiger partial charge < -0.3 is 14.8 Å². The number of carbonyl (C=O) groups is 1. The van der Waals surface area contributed by atoms with E-state index in [-0.39, 0.29) is 17.5 Å². The van der Waals surface area contributed by atoms with Crippen LogP contribution in [0.25, 0.3) is 0 Å². The zero-order valence-electron chi connectivity index (χ0n) is 15.5. The maximum atomic E-state index is 11.9. The van der Waals surface area contributed by atoms with E-state index in [2.05, 4.69) is 5.32 Å². The van der Waals surface area contributed by atoms with Gasteiger partial charge in [0.05, 0.1) is 24.4 Å². The van der Waals surface area contributed by atoms with Crippen LogP contribution in [0.4, 0.5) is 10.5 Å². The molecule has 1 aliphatic heterocycles. The summed E-state index contributed by atoms with van der Waals surface area (Å²) >= 11 is 0. The van der Waals surface area contributed by atoms with Crippen LogP contribution in [-0.2, 0) is 4.74 Å². The molecule has 26 heavy (non-hydrogen) atoms. The Hall–Kier alpha value is -1.92. The molecule has 1 heterocycles. The van der Waals surface area contributed by atoms with Gasteiger partial charge in [0, 0.05) is 31.0 Å². The Morgan fingerprint density at radius 2 is 1.96 bits per heavy atom. The van der Waals surface area contributed by atoms with Gasteiger partial charge in [-0.3, -0.25) is 10.1 Å². The summed E-state index contributed by atoms with van der Waals surface area (Å²) in [4.78, 5) is 33.5. The van der Waals surface area contributed by atoms with Crippen LogP contribution in [0, 0.1) is 10.1 Å². The molecule has 1 aromatic rings. The van der Waals surface area contributed by atoms with Crippen LogP contribution in [0.2, 0.25) is 0 Å². The fourth-order valence-corrected chi connectivity index (χ4v) is 5.87. The quantitative estimate of drug-likeness (QED) is 0.468. The van der Waals surface area contributed by atoms with Gasteiger partial charge in [-0.05, 0) is 26.8 Å². The van der Waals surface area contributed by atoms with E-state index in [1.165, 1.54) is 13.2 Å². The third kappa shape index (κ3) is 5.05. The van der Waals surface area contributed by atoms with Crippen molar-refractivity contribution < 1.29 is 24.1 Å². The fraction of sp³-hybridized carbons (Fsp3) is 0.588. The number of carbonyl (C=O) groups excluding carboxylic acids is 1. The van der Waals surface area contributed by atoms with Gasteiger partial charge in [-0.1, -0.05) is 0 Å². The standard InChI is InChI=1S/C17H25N2O6P/c1-17(2,3)25-16(20)18-12-7-9-26(23,10-8-12)13-5-6-14(19(21)22)15(11-13)24-4/h5-6,11-12,23H,7-10H2,1-4H3/p+1. The molecule has 1 aromatic carbocycles. The van der Waals surface area contributed by atoms with Crippen LogP contribution in [0.15, 0.2) is 18.2 Å². The molecule has 0 unspecified atom stereocenters. The Morgan fingerprint density at radius 3 is 2.46 bits per heavy atom. The van der Waals surface area contributed by atoms with Crippen LogP contribution < -0.4 is 15.4 Å². The maximum absolute atomic E-state index is 11.9. The van der Waals surface area contributed by atoms with Gasteiger partial charge in [-0.25, -0.2) is 9.69 Å². The first-order valence-electron chi connectivity index (χ1n) is 8.46. The number of nitro groups is 1. The normalized spacial score (nSPS) is 23.2. The molecule has 1 amide bonds. The highest BCUT2D eigenvalue weighted by Gasteiger charge is 2.44. The molecule has 8 nitrogen and oxygen atoms in total. The Bertz CT molecular complexity index is 680. The predicted octanol–water partition coefficient (Wildman–Crippen LogP) is 2.84. The van der Waals surface area contributed by atoms with Gasteiger partial charge >= 0.3 is 11.8 Å². The van der Waals surface area contributed by atoms with Crippen molar-refractivity contribution in [3.05, 3.63) is 28.3 Å². The number of amides is 1. The molecule has 0 spiro atoms. The van der Waals surface area contributed by atoms with Crippen molar-refractivity contribution in [1.29, 1.82) is 0 Å². The number of ether oxygens (including phenoxy) is 2. The summed E-state index contributed by atoms with van der Waals surface area (Å²) < 4.78 is 10.4. The first-order chi connectivity index (χ1) is 12.0. The van der Waals surface area contributed by atoms with E-state index in [0.717, 1.165) is 0 Å². The van der Waals surface area contributed by atoms with Gasteiger partial charge in [0.25, 0.3) is 0 Å². The molecule has 2 N–H and O–H groups in total. The molecular weight excluding hydrogens is 359 g/mol. The second kappa shape index (κ2) is 7.76. The smallest absolute Gasteiger partial charge is 0.407 e. The molecule has 1 fully saturated rings. The number of nitrogens with one attached hydrogen (secondary N) is 1. The second-order valence-electron chi connectivity index (χ2n) is 7.40. The highest BCUT2D eigenvalue weighted by molar-refractivity contribution is 7.77. The van der Waals surface area contributed by atoms with Crippen molar-refractivity contribution in [1.82, 2.24) is 5.32 Å². The van der Waals surface area contributed by atoms with Crippen molar-refractivity contribution in [2.24, 2.45) is 0 Å². The van der Waals surface area contributed by atoms with Crippen molar-refractivity contribution >= 4 is 24.6 Å². The molecular formula is C17H26N2O6P+. The minimum absolute atomic E-state index is 0.0509. The van der Waals surface area contributed by atoms with E-state index in [0.29, 0.717) is 30.5 Å². The lowest BCUT2D eigenvalue weighted by Crippen LogP contribution is -2.42. The zero-order chi connectivity index (χ0) is 19.5. The first kappa shape index (κ1) is 20.4. The average molecular weight is 385 g/mol. The summed E-state index contributed by atoms with van der Waals surface area (Å²) in [7, 11) is -1.05. The van der Waals surface area contributed by atoms with Crippen LogP contribution in [-0.4, -0.2) is 47.0 Å². The molecule has 1 aliphatic rings. The van der Waals surface area contributed by atoms with E-state index < -0.39 is 24.1 Å². The number of hydrogen-bond acceptors (Lipinski definition) is 6. The molecule has 0 bridgehead atoms. The summed E-state index contributed by atoms with van der Waals surface area (Å²) in [5, 5.41) is 14.5. The average Bonchev–Trinajstić information content (AvgIpc) is 2.54. The number of nitro benzene ring substituents is 1. The van der Waals surface area contributed by atoms with Crippen molar-refractivity contribution in [2.75, 3.05) is 19.4 Å². The van der Waals surface area contributed by atoms with Gasteiger partial charge in [-0.15, -0.1) is 0 Å². The number of methoxy groups -OCH3 is 1. The molecule has 0 atom stereocenters. The SMILES string of the molecule is COc1cc([P+]2(O)CCC(NC(=O)OC(C)(C)C)CC2)ccc1[N+](=O)[O-]. The molecule has 1 saturated heterocycles. The summed E-state index contributed by atoms with van der Waals surface area (Å²) in [5.41, 5.74) is -0.675. The Morgan fingerprint density at radius 1 is 1.35 bits per heavy atom. The lowest BCUT2D eigenvalue weighted by Gasteiger charge is -2.30. The third-order valence-electron chi connectivity index (χ3n) is 4.26. The Balaban J connectivity index is 2.03. The number of hydrogen-bond donors (Lipinski definition) is 2. The monoisotopic (exact) mass is 385 g/mol. The molecule has 2 rings (SSSR count). The fourth-order valence-electron chi connectivity index (χ4n) is 2.95. The van der Waals surface area contributed by atoms with Crippen molar-refractivity contribution in [3.8, 4) is 5.75 Å². The third-order valence-corrected chi connectivity index (χ3v) is 7.49. The lowest BCUT2D eigenvalue weighted by atomic mass is 10.1. The second-order valence-corrected chi connectivity index (χ2v) is 10.7. The summed E-state index contributed by atoms with van der Waals surface area (Å²) in [6, 6.07) is 4.49. The van der Waals surface area contributed by atoms with Gasteiger partial charge in [0.15, 0.2) is 7.49 Å². The van der Waals surface area contributed by atoms with Gasteiger partial charge in [0.1, 0.15) is 10.9 Å². The zero-order valence-corrected chi connectivity index (χ0v) is 16.4. The van der Waals surface area contributed by atoms with E-state index in [1.807, 2.05) is 0 Å². The van der Waals surface area contributed by atoms with E-state index in [1.54, 1.807) is 32.9 Å². The molecule has 9 heteroatoms. The number of alkyl carbamates (subject to hydrolysis) is 1. The Labute approximate surface area is 153 Å². The maximum Gasteiger partial charge on any atom is 0.407 e. The molecule has 144 valence electrons. The predicted molar refractivity (Wildman–Crippen MR) is 101 cm³/mol. The number of benzene rings is 1. The Kier molecular flexibility index (Phi) is 6.09. The minimum Gasteiger partial charge on any atom is -0.490 e. The molecule has 0 aliphatic carbocycles. The van der Waals surface area contributed by atoms with Gasteiger partial charge in [0.2, 0.25) is 5.75 Å². The van der Waals surface area contributed by atoms with Crippen molar-refractivity contribution in [3.63, 3.8) is 0 Å². The summed E-state index contributed by atoms with van der Waals surface area (Å²) in [6.07, 6.45) is 1.87. The van der Waals surface area contributed by atoms with E-state index in [4.69, 9.17) is 9.47 Å². The summed E-state index contributed by atoms with van der Waals surface area (Å²) in [5.74, 6) is 0.148. The van der Waals surface area contributed by atoms with E-state index >= 15 is 0 Å². The lowest BCUT2D eigenvalue weighted by molar-refractivity contribution is -0.385.